The molecule has 0 N–H and O–H groups in total. The lowest BCUT2D eigenvalue weighted by Crippen LogP contribution is -2.34. The summed E-state index contributed by atoms with van der Waals surface area (Å²) in [6, 6.07) is 0. The van der Waals surface area contributed by atoms with Gasteiger partial charge in [0, 0.05) is 0 Å². The maximum absolute atomic E-state index is 2.61. The molecule has 0 atom stereocenters. The van der Waals surface area contributed by atoms with Gasteiger partial charge in [-0.2, -0.15) is 0 Å². The van der Waals surface area contributed by atoms with Gasteiger partial charge in [0.2, 0.25) is 0 Å². The van der Waals surface area contributed by atoms with E-state index in [-0.39, 0.29) is 0 Å². The van der Waals surface area contributed by atoms with Crippen LogP contribution in [0.5, 0.6) is 0 Å². The van der Waals surface area contributed by atoms with Gasteiger partial charge in [0.15, 0.2) is 0 Å². The van der Waals surface area contributed by atoms with Crippen LogP contribution in [0.1, 0.15) is 39.5 Å². The summed E-state index contributed by atoms with van der Waals surface area (Å²) in [7, 11) is 0. The molecule has 1 saturated heterocycles. The van der Waals surface area contributed by atoms with Crippen LogP contribution in [0.4, 0.5) is 0 Å². The number of piperidine rings is 1. The van der Waals surface area contributed by atoms with Gasteiger partial charge in [-0.05, 0) is 51.2 Å². The van der Waals surface area contributed by atoms with Gasteiger partial charge in [-0.3, -0.25) is 0 Å². The molecule has 71 valence electrons. The maximum atomic E-state index is 2.61. The fourth-order valence-electron chi connectivity index (χ4n) is 1.89. The van der Waals surface area contributed by atoms with E-state index in [0.29, 0.717) is 0 Å². The highest BCUT2D eigenvalue weighted by Gasteiger charge is 2.16. The Kier molecular flexibility index (Phi) is 4.67. The van der Waals surface area contributed by atoms with Crippen molar-refractivity contribution in [3.8, 4) is 0 Å². The Bertz CT molecular complexity index is 104. The molecule has 12 heavy (non-hydrogen) atoms. The summed E-state index contributed by atoms with van der Waals surface area (Å²) in [4.78, 5) is 2.61. The van der Waals surface area contributed by atoms with Gasteiger partial charge in [0.1, 0.15) is 0 Å². The summed E-state index contributed by atoms with van der Waals surface area (Å²) >= 11 is 0. The molecule has 1 aliphatic rings. The van der Waals surface area contributed by atoms with Crippen molar-refractivity contribution >= 4 is 0 Å². The van der Waals surface area contributed by atoms with Crippen molar-refractivity contribution < 1.29 is 0 Å². The topological polar surface area (TPSA) is 3.24 Å². The second-order valence-corrected chi connectivity index (χ2v) is 3.87. The van der Waals surface area contributed by atoms with Gasteiger partial charge >= 0.3 is 0 Å². The number of unbranched alkanes of at least 4 members (excludes halogenated alkanes) is 1. The molecule has 0 unspecified atom stereocenters. The summed E-state index contributed by atoms with van der Waals surface area (Å²) in [6.07, 6.45) is 7.86. The summed E-state index contributed by atoms with van der Waals surface area (Å²) in [5.41, 5.74) is 0. The number of likely N-dealkylation sites (tertiary alicyclic amines) is 1. The first-order valence-electron chi connectivity index (χ1n) is 5.38. The summed E-state index contributed by atoms with van der Waals surface area (Å²) in [5.74, 6) is 0.905. The molecule has 0 aliphatic carbocycles. The monoisotopic (exact) mass is 168 g/mol. The van der Waals surface area contributed by atoms with E-state index in [1.54, 1.807) is 0 Å². The smallest absolute Gasteiger partial charge is 0.00160 e. The molecule has 0 saturated carbocycles. The number of nitrogens with zero attached hydrogens (tertiary/aromatic N) is 1. The van der Waals surface area contributed by atoms with E-state index in [2.05, 4.69) is 25.2 Å². The van der Waals surface area contributed by atoms with Crippen LogP contribution in [0.15, 0.2) is 0 Å². The van der Waals surface area contributed by atoms with Crippen LogP contribution < -0.4 is 0 Å². The molecule has 1 heteroatoms. The van der Waals surface area contributed by atoms with Crippen LogP contribution >= 0.6 is 0 Å². The van der Waals surface area contributed by atoms with Crippen LogP contribution in [-0.4, -0.2) is 24.5 Å². The predicted octanol–water partition coefficient (Wildman–Crippen LogP) is 2.72. The molecule has 0 aromatic rings. The van der Waals surface area contributed by atoms with Crippen molar-refractivity contribution in [3.63, 3.8) is 0 Å². The van der Waals surface area contributed by atoms with Crippen LogP contribution in [0.2, 0.25) is 0 Å². The van der Waals surface area contributed by atoms with Crippen molar-refractivity contribution in [3.05, 3.63) is 6.42 Å². The molecule has 0 amide bonds. The lowest BCUT2D eigenvalue weighted by molar-refractivity contribution is 0.195. The number of rotatable bonds is 4. The molecular formula is C11H22N. The van der Waals surface area contributed by atoms with Crippen molar-refractivity contribution in [2.45, 2.75) is 39.5 Å². The minimum atomic E-state index is 0.905. The quantitative estimate of drug-likeness (QED) is 0.624. The van der Waals surface area contributed by atoms with Crippen LogP contribution in [-0.2, 0) is 0 Å². The zero-order valence-electron chi connectivity index (χ0n) is 8.55. The lowest BCUT2D eigenvalue weighted by Gasteiger charge is -2.31. The van der Waals surface area contributed by atoms with E-state index >= 15 is 0 Å². The third-order valence-corrected chi connectivity index (χ3v) is 2.93. The molecule has 0 aromatic heterocycles. The average Bonchev–Trinajstić information content (AvgIpc) is 2.15. The van der Waals surface area contributed by atoms with Crippen LogP contribution in [0.3, 0.4) is 0 Å². The minimum absolute atomic E-state index is 0.905. The Morgan fingerprint density at radius 1 is 1.33 bits per heavy atom. The van der Waals surface area contributed by atoms with Crippen molar-refractivity contribution in [1.82, 2.24) is 4.90 Å². The first-order valence-corrected chi connectivity index (χ1v) is 5.38. The van der Waals surface area contributed by atoms with Gasteiger partial charge in [-0.25, -0.2) is 0 Å². The second kappa shape index (κ2) is 5.58. The van der Waals surface area contributed by atoms with E-state index in [4.69, 9.17) is 0 Å². The van der Waals surface area contributed by atoms with Gasteiger partial charge < -0.3 is 4.90 Å². The second-order valence-electron chi connectivity index (χ2n) is 3.87. The van der Waals surface area contributed by atoms with Crippen molar-refractivity contribution in [1.29, 1.82) is 0 Å². The van der Waals surface area contributed by atoms with E-state index < -0.39 is 0 Å². The molecule has 0 bridgehead atoms. The Labute approximate surface area is 77.1 Å². The zero-order chi connectivity index (χ0) is 8.81. The molecule has 1 radical (unpaired) electrons. The number of hydrogen-bond donors (Lipinski definition) is 0. The highest BCUT2D eigenvalue weighted by molar-refractivity contribution is 4.78. The summed E-state index contributed by atoms with van der Waals surface area (Å²) in [6.45, 7) is 8.45. The standard InChI is InChI=1S/C11H22N/c1-3-5-8-12-9-6-11(4-2)7-10-12/h4,11H,3,5-10H2,1-2H3. The zero-order valence-corrected chi connectivity index (χ0v) is 8.55. The molecule has 1 rings (SSSR count). The Hall–Kier alpha value is -0.0400. The van der Waals surface area contributed by atoms with Crippen LogP contribution in [0, 0.1) is 12.3 Å². The lowest BCUT2D eigenvalue weighted by atomic mass is 9.94. The van der Waals surface area contributed by atoms with Gasteiger partial charge in [-0.15, -0.1) is 0 Å². The van der Waals surface area contributed by atoms with Crippen molar-refractivity contribution in [2.24, 2.45) is 5.92 Å². The maximum Gasteiger partial charge on any atom is -0.00160 e. The number of hydrogen-bond acceptors (Lipinski definition) is 1. The molecule has 0 spiro atoms. The minimum Gasteiger partial charge on any atom is -0.303 e. The first kappa shape index (κ1) is 10.0. The third kappa shape index (κ3) is 3.14. The van der Waals surface area contributed by atoms with Crippen molar-refractivity contribution in [2.75, 3.05) is 19.6 Å². The SMILES string of the molecule is C[CH]C1CCN(CCCC)CC1. The third-order valence-electron chi connectivity index (χ3n) is 2.93. The normalized spacial score (nSPS) is 21.5. The van der Waals surface area contributed by atoms with E-state index in [0.717, 1.165) is 5.92 Å². The van der Waals surface area contributed by atoms with Gasteiger partial charge in [0.25, 0.3) is 0 Å². The molecular weight excluding hydrogens is 146 g/mol. The largest absolute Gasteiger partial charge is 0.303 e. The fraction of sp³-hybridized carbons (Fsp3) is 0.909. The highest BCUT2D eigenvalue weighted by atomic mass is 15.1. The first-order chi connectivity index (χ1) is 5.86. The molecule has 1 aliphatic heterocycles. The van der Waals surface area contributed by atoms with E-state index in [1.807, 2.05) is 0 Å². The van der Waals surface area contributed by atoms with Crippen LogP contribution in [0.25, 0.3) is 0 Å². The Morgan fingerprint density at radius 3 is 2.50 bits per heavy atom. The van der Waals surface area contributed by atoms with E-state index in [9.17, 15) is 0 Å². The molecule has 1 heterocycles. The molecule has 0 aromatic carbocycles. The molecule has 1 fully saturated rings. The highest BCUT2D eigenvalue weighted by Crippen LogP contribution is 2.19. The summed E-state index contributed by atoms with van der Waals surface area (Å²) < 4.78 is 0. The average molecular weight is 168 g/mol. The molecule has 1 nitrogen and oxygen atoms in total. The Balaban J connectivity index is 2.09. The van der Waals surface area contributed by atoms with Gasteiger partial charge in [0.05, 0.1) is 0 Å². The summed E-state index contributed by atoms with van der Waals surface area (Å²) in [5, 5.41) is 0. The Morgan fingerprint density at radius 2 is 2.00 bits per heavy atom. The van der Waals surface area contributed by atoms with E-state index in [1.165, 1.54) is 45.3 Å². The fourth-order valence-corrected chi connectivity index (χ4v) is 1.89. The predicted molar refractivity (Wildman–Crippen MR) is 54.0 cm³/mol. The van der Waals surface area contributed by atoms with Gasteiger partial charge in [-0.1, -0.05) is 20.3 Å².